The van der Waals surface area contributed by atoms with Crippen LogP contribution in [-0.2, 0) is 14.3 Å². The second kappa shape index (κ2) is 57.1. The summed E-state index contributed by atoms with van der Waals surface area (Å²) in [5.41, 5.74) is 0.459. The van der Waals surface area contributed by atoms with Gasteiger partial charge >= 0.3 is 0 Å². The lowest BCUT2D eigenvalue weighted by Crippen LogP contribution is -2.31. The zero-order valence-electron chi connectivity index (χ0n) is 50.7. The van der Waals surface area contributed by atoms with Crippen LogP contribution in [0.2, 0.25) is 0 Å². The Bertz CT molecular complexity index is 1340. The van der Waals surface area contributed by atoms with Crippen molar-refractivity contribution in [2.75, 3.05) is 40.0 Å². The Balaban J connectivity index is 2.83. The zero-order chi connectivity index (χ0) is 54.9. The van der Waals surface area contributed by atoms with Crippen molar-refractivity contribution in [3.8, 4) is 17.2 Å². The Morgan fingerprint density at radius 3 is 0.921 bits per heavy atom. The Kier molecular flexibility index (Phi) is 53.6. The molecule has 8 nitrogen and oxygen atoms in total. The standard InChI is InChI=1S/C68H123NO7/c1-5-8-11-14-17-20-23-26-29-32-35-38-41-44-47-50-56-74-65-60-63(68(72)69(4)54-59-73-64(62-71)53-55-70)61-66(75-57-51-48-45-42-39-36-33-30-27-24-21-18-15-12-9-6-2)67(65)76-58-52-49-46-43-40-37-34-31-28-25-22-19-16-13-10-7-3/h60-61,64H,5-54,56-59H2,1-4H3. The van der Waals surface area contributed by atoms with Gasteiger partial charge in [0, 0.05) is 25.6 Å². The fraction of sp³-hybridized carbons (Fsp3) is 0.868. The molecule has 1 atom stereocenters. The summed E-state index contributed by atoms with van der Waals surface area (Å²) in [5, 5.41) is 0. The van der Waals surface area contributed by atoms with E-state index in [0.29, 0.717) is 42.6 Å². The molecule has 0 aliphatic rings. The molecule has 0 N–H and O–H groups in total. The lowest BCUT2D eigenvalue weighted by atomic mass is 10.0. The minimum atomic E-state index is -0.985. The van der Waals surface area contributed by atoms with Crippen LogP contribution in [0.5, 0.6) is 17.2 Å². The lowest BCUT2D eigenvalue weighted by molar-refractivity contribution is 0.0620. The highest BCUT2D eigenvalue weighted by Crippen LogP contribution is 2.40. The van der Waals surface area contributed by atoms with E-state index in [-0.39, 0.29) is 25.5 Å². The first kappa shape index (κ1) is 71.4. The Morgan fingerprint density at radius 2 is 0.658 bits per heavy atom. The molecule has 1 amide bonds. The first-order chi connectivity index (χ1) is 37.5. The summed E-state index contributed by atoms with van der Waals surface area (Å²) in [7, 11) is 1.72. The van der Waals surface area contributed by atoms with Gasteiger partial charge in [0.25, 0.3) is 5.91 Å². The van der Waals surface area contributed by atoms with Crippen molar-refractivity contribution in [2.45, 2.75) is 341 Å². The molecule has 0 aromatic heterocycles. The van der Waals surface area contributed by atoms with Gasteiger partial charge in [0.2, 0.25) is 18.3 Å². The van der Waals surface area contributed by atoms with Gasteiger partial charge in [-0.3, -0.25) is 14.4 Å². The third-order valence-electron chi connectivity index (χ3n) is 15.5. The van der Waals surface area contributed by atoms with E-state index in [1.807, 2.05) is 12.1 Å². The van der Waals surface area contributed by atoms with Crippen molar-refractivity contribution in [3.05, 3.63) is 17.7 Å². The second-order valence-electron chi connectivity index (χ2n) is 22.8. The Labute approximate surface area is 471 Å². The van der Waals surface area contributed by atoms with Crippen LogP contribution in [0.25, 0.3) is 0 Å². The number of likely N-dealkylation sites (N-methyl/N-ethyl adjacent to an activating group) is 1. The molecule has 0 heterocycles. The minimum Gasteiger partial charge on any atom is -0.490 e. The van der Waals surface area contributed by atoms with Crippen LogP contribution in [0.1, 0.15) is 346 Å². The third kappa shape index (κ3) is 44.3. The lowest BCUT2D eigenvalue weighted by Gasteiger charge is -2.21. The highest BCUT2D eigenvalue weighted by atomic mass is 16.5. The molecule has 76 heavy (non-hydrogen) atoms. The predicted molar refractivity (Wildman–Crippen MR) is 324 cm³/mol. The molecule has 2 radical (unpaired) electrons. The van der Waals surface area contributed by atoms with Crippen molar-refractivity contribution in [2.24, 2.45) is 0 Å². The minimum absolute atomic E-state index is 0.0928. The number of rotatable bonds is 62. The average Bonchev–Trinajstić information content (AvgIpc) is 3.43. The van der Waals surface area contributed by atoms with E-state index in [1.54, 1.807) is 24.5 Å². The normalized spacial score (nSPS) is 11.8. The molecule has 0 spiro atoms. The molecule has 0 saturated carbocycles. The topological polar surface area (TPSA) is 91.4 Å². The molecule has 0 saturated heterocycles. The molecule has 0 bridgehead atoms. The summed E-state index contributed by atoms with van der Waals surface area (Å²) >= 11 is 0. The molecule has 8 heteroatoms. The number of carbonyl (C=O) groups is 1. The van der Waals surface area contributed by atoms with Gasteiger partial charge in [0.15, 0.2) is 11.5 Å². The molecule has 442 valence electrons. The molecule has 0 fully saturated rings. The van der Waals surface area contributed by atoms with Gasteiger partial charge in [-0.2, -0.15) is 0 Å². The van der Waals surface area contributed by atoms with Crippen LogP contribution in [0.3, 0.4) is 0 Å². The first-order valence-corrected chi connectivity index (χ1v) is 33.2. The number of amides is 1. The van der Waals surface area contributed by atoms with Crippen molar-refractivity contribution >= 4 is 18.5 Å². The fourth-order valence-corrected chi connectivity index (χ4v) is 10.4. The molecule has 1 aromatic carbocycles. The monoisotopic (exact) mass is 1070 g/mol. The van der Waals surface area contributed by atoms with Gasteiger partial charge in [-0.25, -0.2) is 0 Å². The quantitative estimate of drug-likeness (QED) is 0.0600. The summed E-state index contributed by atoms with van der Waals surface area (Å²) in [6, 6.07) is 3.64. The SMILES string of the molecule is CCCCCCCCCCCCCCCCCCOc1cc(C(=O)N(C)CCOC([C]=O)C[C]=O)cc(OCCCCCCCCCCCCCCCCCC)c1OCCCCCCCCCCCCCCCCCC. The van der Waals surface area contributed by atoms with E-state index >= 15 is 0 Å². The smallest absolute Gasteiger partial charge is 0.253 e. The van der Waals surface area contributed by atoms with E-state index in [9.17, 15) is 14.4 Å². The van der Waals surface area contributed by atoms with Crippen molar-refractivity contribution in [1.82, 2.24) is 4.90 Å². The van der Waals surface area contributed by atoms with Crippen LogP contribution in [0, 0.1) is 0 Å². The maximum atomic E-state index is 14.0. The number of benzene rings is 1. The molecule has 0 aliphatic heterocycles. The maximum Gasteiger partial charge on any atom is 0.253 e. The van der Waals surface area contributed by atoms with Crippen LogP contribution < -0.4 is 14.2 Å². The van der Waals surface area contributed by atoms with Crippen molar-refractivity contribution in [1.29, 1.82) is 0 Å². The van der Waals surface area contributed by atoms with Gasteiger partial charge in [0.1, 0.15) is 6.10 Å². The molecule has 1 unspecified atom stereocenters. The summed E-state index contributed by atoms with van der Waals surface area (Å²) < 4.78 is 25.3. The molecule has 1 rings (SSSR count). The van der Waals surface area contributed by atoms with Gasteiger partial charge in [-0.15, -0.1) is 0 Å². The second-order valence-corrected chi connectivity index (χ2v) is 22.8. The Morgan fingerprint density at radius 1 is 0.395 bits per heavy atom. The highest BCUT2D eigenvalue weighted by molar-refractivity contribution is 5.95. The van der Waals surface area contributed by atoms with Gasteiger partial charge in [-0.1, -0.05) is 310 Å². The predicted octanol–water partition coefficient (Wildman–Crippen LogP) is 20.7. The van der Waals surface area contributed by atoms with Crippen LogP contribution >= 0.6 is 0 Å². The largest absolute Gasteiger partial charge is 0.490 e. The fourth-order valence-electron chi connectivity index (χ4n) is 10.4. The van der Waals surface area contributed by atoms with Crippen LogP contribution in [0.15, 0.2) is 12.1 Å². The molecule has 1 aromatic rings. The van der Waals surface area contributed by atoms with Gasteiger partial charge in [-0.05, 0) is 31.4 Å². The van der Waals surface area contributed by atoms with Crippen molar-refractivity contribution < 1.29 is 33.3 Å². The van der Waals surface area contributed by atoms with E-state index < -0.39 is 6.10 Å². The number of nitrogens with zero attached hydrogens (tertiary/aromatic N) is 1. The number of hydrogen-bond acceptors (Lipinski definition) is 7. The van der Waals surface area contributed by atoms with Gasteiger partial charge in [0.05, 0.1) is 26.4 Å². The maximum absolute atomic E-state index is 14.0. The van der Waals surface area contributed by atoms with Crippen LogP contribution in [-0.4, -0.2) is 69.5 Å². The summed E-state index contributed by atoms with van der Waals surface area (Å²) in [6.07, 6.45) is 65.6. The van der Waals surface area contributed by atoms with E-state index in [1.165, 1.54) is 270 Å². The zero-order valence-corrected chi connectivity index (χ0v) is 50.7. The summed E-state index contributed by atoms with van der Waals surface area (Å²) in [4.78, 5) is 37.7. The highest BCUT2D eigenvalue weighted by Gasteiger charge is 2.22. The Hall–Kier alpha value is -2.61. The van der Waals surface area contributed by atoms with Crippen molar-refractivity contribution in [3.63, 3.8) is 0 Å². The third-order valence-corrected chi connectivity index (χ3v) is 15.5. The number of ether oxygens (including phenoxy) is 4. The van der Waals surface area contributed by atoms with Gasteiger partial charge < -0.3 is 23.8 Å². The summed E-state index contributed by atoms with van der Waals surface area (Å²) in [5.74, 6) is 1.52. The van der Waals surface area contributed by atoms with E-state index in [2.05, 4.69) is 20.8 Å². The number of hydrogen-bond donors (Lipinski definition) is 0. The number of carbonyl (C=O) groups excluding carboxylic acids is 3. The molecular formula is C68H123NO7. The molecule has 0 aliphatic carbocycles. The molecular weight excluding hydrogens is 943 g/mol. The first-order valence-electron chi connectivity index (χ1n) is 33.2. The van der Waals surface area contributed by atoms with Crippen LogP contribution in [0.4, 0.5) is 0 Å². The number of unbranched alkanes of at least 4 members (excludes halogenated alkanes) is 45. The average molecular weight is 1070 g/mol. The van der Waals surface area contributed by atoms with E-state index in [0.717, 1.165) is 38.5 Å². The summed E-state index contributed by atoms with van der Waals surface area (Å²) in [6.45, 7) is 8.86. The van der Waals surface area contributed by atoms with E-state index in [4.69, 9.17) is 18.9 Å².